The van der Waals surface area contributed by atoms with E-state index in [1.54, 1.807) is 0 Å². The number of hydrogen-bond acceptors (Lipinski definition) is 1. The van der Waals surface area contributed by atoms with Gasteiger partial charge in [-0.1, -0.05) is 61.9 Å². The van der Waals surface area contributed by atoms with Crippen molar-refractivity contribution >= 4 is 5.57 Å². The van der Waals surface area contributed by atoms with Crippen LogP contribution in [-0.4, -0.2) is 5.11 Å². The Kier molecular flexibility index (Phi) is 7.41. The third-order valence-corrected chi connectivity index (χ3v) is 2.99. The van der Waals surface area contributed by atoms with Crippen molar-refractivity contribution in [2.24, 2.45) is 0 Å². The summed E-state index contributed by atoms with van der Waals surface area (Å²) in [7, 11) is 0. The summed E-state index contributed by atoms with van der Waals surface area (Å²) in [5, 5.41) is 9.58. The predicted octanol–water partition coefficient (Wildman–Crippen LogP) is 5.67. The molecule has 0 aliphatic rings. The number of aliphatic hydroxyl groups excluding tert-OH is 1. The fraction of sp³-hybridized carbons (Fsp3) is 0.333. The molecule has 0 atom stereocenters. The Balaban J connectivity index is 2.41. The maximum Gasteiger partial charge on any atom is 0.0886 e. The zero-order chi connectivity index (χ0) is 13.9. The van der Waals surface area contributed by atoms with Gasteiger partial charge in [-0.05, 0) is 37.0 Å². The first-order chi connectivity index (χ1) is 9.24. The van der Waals surface area contributed by atoms with Crippen molar-refractivity contribution in [2.45, 2.75) is 39.5 Å². The van der Waals surface area contributed by atoms with Gasteiger partial charge in [0, 0.05) is 6.42 Å². The molecule has 0 heterocycles. The summed E-state index contributed by atoms with van der Waals surface area (Å²) in [5.41, 5.74) is 2.49. The number of hydrogen-bond donors (Lipinski definition) is 1. The Morgan fingerprint density at radius 1 is 1.21 bits per heavy atom. The molecule has 0 aromatic heterocycles. The van der Waals surface area contributed by atoms with Gasteiger partial charge >= 0.3 is 0 Å². The lowest BCUT2D eigenvalue weighted by molar-refractivity contribution is 0.381. The van der Waals surface area contributed by atoms with Gasteiger partial charge in [0.05, 0.1) is 5.76 Å². The number of unbranched alkanes of at least 4 members (excludes halogenated alkanes) is 1. The van der Waals surface area contributed by atoms with Crippen LogP contribution in [0.15, 0.2) is 60.4 Å². The summed E-state index contributed by atoms with van der Waals surface area (Å²) in [4.78, 5) is 0. The molecule has 1 N–H and O–H groups in total. The minimum Gasteiger partial charge on any atom is -0.513 e. The van der Waals surface area contributed by atoms with Crippen LogP contribution >= 0.6 is 0 Å². The molecular weight excluding hydrogens is 232 g/mol. The average Bonchev–Trinajstić information content (AvgIpc) is 2.45. The highest BCUT2D eigenvalue weighted by Crippen LogP contribution is 2.12. The SMILES string of the molecule is CCCC/C(O)=C/C/C=C/C=C(/C)c1ccccc1. The van der Waals surface area contributed by atoms with E-state index < -0.39 is 0 Å². The minimum atomic E-state index is 0.510. The summed E-state index contributed by atoms with van der Waals surface area (Å²) >= 11 is 0. The van der Waals surface area contributed by atoms with Gasteiger partial charge in [0.1, 0.15) is 0 Å². The monoisotopic (exact) mass is 256 g/mol. The van der Waals surface area contributed by atoms with E-state index in [1.807, 2.05) is 30.4 Å². The lowest BCUT2D eigenvalue weighted by atomic mass is 10.1. The molecule has 0 aliphatic heterocycles. The molecule has 0 aliphatic carbocycles. The van der Waals surface area contributed by atoms with Crippen LogP contribution in [0.5, 0.6) is 0 Å². The van der Waals surface area contributed by atoms with Crippen molar-refractivity contribution in [3.63, 3.8) is 0 Å². The zero-order valence-electron chi connectivity index (χ0n) is 12.0. The van der Waals surface area contributed by atoms with E-state index in [-0.39, 0.29) is 0 Å². The number of aliphatic hydroxyl groups is 1. The summed E-state index contributed by atoms with van der Waals surface area (Å²) in [5.74, 6) is 0.510. The first-order valence-electron chi connectivity index (χ1n) is 7.01. The highest BCUT2D eigenvalue weighted by Gasteiger charge is 1.91. The molecule has 0 radical (unpaired) electrons. The normalized spacial score (nSPS) is 13.2. The first-order valence-corrected chi connectivity index (χ1v) is 7.01. The summed E-state index contributed by atoms with van der Waals surface area (Å²) < 4.78 is 0. The highest BCUT2D eigenvalue weighted by molar-refractivity contribution is 5.64. The molecule has 0 spiro atoms. The second-order valence-corrected chi connectivity index (χ2v) is 4.68. The van der Waals surface area contributed by atoms with Gasteiger partial charge in [0.15, 0.2) is 0 Å². The summed E-state index contributed by atoms with van der Waals surface area (Å²) in [6.45, 7) is 4.23. The molecule has 1 aromatic carbocycles. The standard InChI is InChI=1S/C18H24O/c1-3-4-14-18(19)15-10-5-7-11-16(2)17-12-8-6-9-13-17/h5-9,11-13,15,19H,3-4,10,14H2,1-2H3/b7-5+,16-11-,18-15-. The molecule has 1 heteroatoms. The van der Waals surface area contributed by atoms with Gasteiger partial charge in [-0.3, -0.25) is 0 Å². The minimum absolute atomic E-state index is 0.510. The van der Waals surface area contributed by atoms with E-state index in [9.17, 15) is 5.11 Å². The topological polar surface area (TPSA) is 20.2 Å². The Bertz CT molecular complexity index is 438. The van der Waals surface area contributed by atoms with Crippen molar-refractivity contribution < 1.29 is 5.11 Å². The fourth-order valence-corrected chi connectivity index (χ4v) is 1.75. The molecular formula is C18H24O. The summed E-state index contributed by atoms with van der Waals surface area (Å²) in [6, 6.07) is 10.3. The van der Waals surface area contributed by atoms with E-state index in [1.165, 1.54) is 11.1 Å². The van der Waals surface area contributed by atoms with E-state index in [2.05, 4.69) is 38.1 Å². The number of allylic oxidation sites excluding steroid dienone is 6. The third kappa shape index (κ3) is 6.66. The lowest BCUT2D eigenvalue weighted by Gasteiger charge is -1.98. The highest BCUT2D eigenvalue weighted by atomic mass is 16.3. The van der Waals surface area contributed by atoms with Crippen LogP contribution < -0.4 is 0 Å². The largest absolute Gasteiger partial charge is 0.513 e. The Hall–Kier alpha value is -1.76. The second kappa shape index (κ2) is 9.21. The van der Waals surface area contributed by atoms with Gasteiger partial charge in [-0.25, -0.2) is 0 Å². The van der Waals surface area contributed by atoms with Gasteiger partial charge in [0.2, 0.25) is 0 Å². The molecule has 19 heavy (non-hydrogen) atoms. The number of rotatable bonds is 7. The van der Waals surface area contributed by atoms with Crippen LogP contribution in [0.2, 0.25) is 0 Å². The van der Waals surface area contributed by atoms with Crippen LogP contribution in [-0.2, 0) is 0 Å². The van der Waals surface area contributed by atoms with Gasteiger partial charge in [-0.2, -0.15) is 0 Å². The lowest BCUT2D eigenvalue weighted by Crippen LogP contribution is -1.80. The Labute approximate surface area is 117 Å². The van der Waals surface area contributed by atoms with Crippen molar-refractivity contribution in [1.82, 2.24) is 0 Å². The molecule has 0 bridgehead atoms. The van der Waals surface area contributed by atoms with Gasteiger partial charge in [0.25, 0.3) is 0 Å². The van der Waals surface area contributed by atoms with Crippen LogP contribution in [0, 0.1) is 0 Å². The molecule has 0 saturated heterocycles. The molecule has 0 saturated carbocycles. The van der Waals surface area contributed by atoms with Crippen LogP contribution in [0.4, 0.5) is 0 Å². The van der Waals surface area contributed by atoms with Crippen LogP contribution in [0.3, 0.4) is 0 Å². The molecule has 1 nitrogen and oxygen atoms in total. The third-order valence-electron chi connectivity index (χ3n) is 2.99. The maximum absolute atomic E-state index is 9.58. The first kappa shape index (κ1) is 15.3. The summed E-state index contributed by atoms with van der Waals surface area (Å²) in [6.07, 6.45) is 11.9. The van der Waals surface area contributed by atoms with Gasteiger partial charge < -0.3 is 5.11 Å². The Morgan fingerprint density at radius 2 is 1.95 bits per heavy atom. The van der Waals surface area contributed by atoms with E-state index >= 15 is 0 Å². The van der Waals surface area contributed by atoms with Crippen LogP contribution in [0.25, 0.3) is 5.57 Å². The maximum atomic E-state index is 9.58. The quantitative estimate of drug-likeness (QED) is 0.492. The second-order valence-electron chi connectivity index (χ2n) is 4.68. The van der Waals surface area contributed by atoms with E-state index in [0.717, 1.165) is 25.7 Å². The average molecular weight is 256 g/mol. The predicted molar refractivity (Wildman–Crippen MR) is 84.1 cm³/mol. The Morgan fingerprint density at radius 3 is 2.63 bits per heavy atom. The molecule has 0 fully saturated rings. The molecule has 102 valence electrons. The van der Waals surface area contributed by atoms with Crippen LogP contribution in [0.1, 0.15) is 45.1 Å². The van der Waals surface area contributed by atoms with Gasteiger partial charge in [-0.15, -0.1) is 0 Å². The molecule has 1 rings (SSSR count). The number of benzene rings is 1. The molecule has 0 unspecified atom stereocenters. The zero-order valence-corrected chi connectivity index (χ0v) is 12.0. The van der Waals surface area contributed by atoms with E-state index in [4.69, 9.17) is 0 Å². The van der Waals surface area contributed by atoms with Crippen molar-refractivity contribution in [3.8, 4) is 0 Å². The van der Waals surface area contributed by atoms with E-state index in [0.29, 0.717) is 5.76 Å². The van der Waals surface area contributed by atoms with Crippen molar-refractivity contribution in [2.75, 3.05) is 0 Å². The smallest absolute Gasteiger partial charge is 0.0886 e. The van der Waals surface area contributed by atoms with Crippen molar-refractivity contribution in [1.29, 1.82) is 0 Å². The molecule has 0 amide bonds. The molecule has 1 aromatic rings. The fourth-order valence-electron chi connectivity index (χ4n) is 1.75. The van der Waals surface area contributed by atoms with Crippen molar-refractivity contribution in [3.05, 3.63) is 66.0 Å².